The molecule has 3 heterocycles. The molecule has 1 aliphatic rings. The lowest BCUT2D eigenvalue weighted by Crippen LogP contribution is -2.26. The van der Waals surface area contributed by atoms with Gasteiger partial charge in [0.2, 0.25) is 5.88 Å². The minimum absolute atomic E-state index is 0.0283. The molecule has 33 heavy (non-hydrogen) atoms. The second-order valence-corrected chi connectivity index (χ2v) is 8.90. The Hall–Kier alpha value is -4.02. The summed E-state index contributed by atoms with van der Waals surface area (Å²) in [5.74, 6) is -0.0959. The zero-order valence-electron chi connectivity index (χ0n) is 18.0. The largest absolute Gasteiger partial charge is 0.440 e. The van der Waals surface area contributed by atoms with Crippen LogP contribution in [0.25, 0.3) is 10.9 Å². The molecule has 2 N–H and O–H groups in total. The summed E-state index contributed by atoms with van der Waals surface area (Å²) in [6.07, 6.45) is 0. The fourth-order valence-electron chi connectivity index (χ4n) is 3.95. The van der Waals surface area contributed by atoms with Crippen LogP contribution in [-0.2, 0) is 0 Å². The van der Waals surface area contributed by atoms with Gasteiger partial charge in [0.15, 0.2) is 0 Å². The SMILES string of the molecule is Cc1ccc(Sc2nc3ccccc3cc2C2C(C#N)=C(N)Oc3cc(C)oc(=O)c32)cc1. The molecule has 0 spiro atoms. The van der Waals surface area contributed by atoms with Crippen LogP contribution in [0.2, 0.25) is 0 Å². The standard InChI is InChI=1S/C26H19N3O3S/c1-14-7-9-17(10-8-14)33-25-18(12-16-5-3-4-6-20(16)29-25)22-19(13-27)24(28)32-21-11-15(2)31-26(30)23(21)22/h3-12,22H,28H2,1-2H3. The highest BCUT2D eigenvalue weighted by molar-refractivity contribution is 7.99. The summed E-state index contributed by atoms with van der Waals surface area (Å²) in [4.78, 5) is 18.8. The van der Waals surface area contributed by atoms with Crippen molar-refractivity contribution < 1.29 is 9.15 Å². The third kappa shape index (κ3) is 3.75. The lowest BCUT2D eigenvalue weighted by molar-refractivity contribution is 0.371. The smallest absolute Gasteiger partial charge is 0.343 e. The third-order valence-electron chi connectivity index (χ3n) is 5.52. The second kappa shape index (κ2) is 8.15. The molecule has 2 aromatic heterocycles. The van der Waals surface area contributed by atoms with Crippen LogP contribution in [0.15, 0.2) is 91.3 Å². The number of nitriles is 1. The Morgan fingerprint density at radius 1 is 1.09 bits per heavy atom. The van der Waals surface area contributed by atoms with Gasteiger partial charge in [0.1, 0.15) is 28.2 Å². The molecule has 0 saturated heterocycles. The van der Waals surface area contributed by atoms with Gasteiger partial charge in [0, 0.05) is 16.3 Å². The van der Waals surface area contributed by atoms with E-state index in [1.54, 1.807) is 13.0 Å². The van der Waals surface area contributed by atoms with Gasteiger partial charge in [0.25, 0.3) is 0 Å². The predicted molar refractivity (Wildman–Crippen MR) is 126 cm³/mol. The summed E-state index contributed by atoms with van der Waals surface area (Å²) in [5, 5.41) is 11.5. The van der Waals surface area contributed by atoms with Crippen molar-refractivity contribution in [3.63, 3.8) is 0 Å². The maximum absolute atomic E-state index is 13.0. The van der Waals surface area contributed by atoms with Crippen molar-refractivity contribution in [1.82, 2.24) is 4.98 Å². The van der Waals surface area contributed by atoms with Crippen LogP contribution < -0.4 is 16.1 Å². The molecule has 162 valence electrons. The molecule has 4 aromatic rings. The molecular weight excluding hydrogens is 434 g/mol. The van der Waals surface area contributed by atoms with Crippen molar-refractivity contribution in [3.05, 3.63) is 105 Å². The first-order valence-electron chi connectivity index (χ1n) is 10.3. The van der Waals surface area contributed by atoms with Gasteiger partial charge in [-0.3, -0.25) is 0 Å². The van der Waals surface area contributed by atoms with Crippen molar-refractivity contribution in [1.29, 1.82) is 5.26 Å². The molecule has 1 aliphatic heterocycles. The average molecular weight is 454 g/mol. The lowest BCUT2D eigenvalue weighted by Gasteiger charge is -2.26. The number of aromatic nitrogens is 1. The Morgan fingerprint density at radius 3 is 2.61 bits per heavy atom. The van der Waals surface area contributed by atoms with Crippen LogP contribution in [0.4, 0.5) is 0 Å². The summed E-state index contributed by atoms with van der Waals surface area (Å²) in [5.41, 5.74) is 8.64. The Balaban J connectivity index is 1.79. The van der Waals surface area contributed by atoms with Crippen LogP contribution in [0, 0.1) is 25.2 Å². The fraction of sp³-hybridized carbons (Fsp3) is 0.115. The molecule has 7 heteroatoms. The van der Waals surface area contributed by atoms with Gasteiger partial charge in [-0.1, -0.05) is 47.7 Å². The van der Waals surface area contributed by atoms with Crippen molar-refractivity contribution >= 4 is 22.7 Å². The number of nitrogens with zero attached hydrogens (tertiary/aromatic N) is 2. The Labute approximate surface area is 194 Å². The molecule has 0 radical (unpaired) electrons. The first kappa shape index (κ1) is 20.9. The van der Waals surface area contributed by atoms with Gasteiger partial charge in [-0.25, -0.2) is 9.78 Å². The van der Waals surface area contributed by atoms with E-state index in [4.69, 9.17) is 19.9 Å². The van der Waals surface area contributed by atoms with E-state index >= 15 is 0 Å². The first-order chi connectivity index (χ1) is 15.9. The predicted octanol–water partition coefficient (Wildman–Crippen LogP) is 5.17. The molecule has 0 saturated carbocycles. The summed E-state index contributed by atoms with van der Waals surface area (Å²) in [7, 11) is 0. The van der Waals surface area contributed by atoms with E-state index in [0.717, 1.165) is 21.4 Å². The van der Waals surface area contributed by atoms with Gasteiger partial charge in [-0.15, -0.1) is 0 Å². The summed E-state index contributed by atoms with van der Waals surface area (Å²) in [6, 6.07) is 21.6. The first-order valence-corrected chi connectivity index (χ1v) is 11.1. The van der Waals surface area contributed by atoms with Crippen LogP contribution in [0.3, 0.4) is 0 Å². The monoisotopic (exact) mass is 453 g/mol. The molecule has 2 aromatic carbocycles. The van der Waals surface area contributed by atoms with Crippen molar-refractivity contribution in [2.75, 3.05) is 0 Å². The minimum atomic E-state index is -0.763. The number of aryl methyl sites for hydroxylation is 2. The topological polar surface area (TPSA) is 102 Å². The number of allylic oxidation sites excluding steroid dienone is 1. The molecule has 0 aliphatic carbocycles. The molecule has 1 unspecified atom stereocenters. The van der Waals surface area contributed by atoms with Gasteiger partial charge in [-0.2, -0.15) is 5.26 Å². The highest BCUT2D eigenvalue weighted by Crippen LogP contribution is 2.45. The highest BCUT2D eigenvalue weighted by Gasteiger charge is 2.36. The minimum Gasteiger partial charge on any atom is -0.440 e. The van der Waals surface area contributed by atoms with E-state index in [2.05, 4.69) is 6.07 Å². The van der Waals surface area contributed by atoms with Crippen LogP contribution >= 0.6 is 11.8 Å². The maximum Gasteiger partial charge on any atom is 0.343 e. The van der Waals surface area contributed by atoms with E-state index < -0.39 is 11.5 Å². The summed E-state index contributed by atoms with van der Waals surface area (Å²) < 4.78 is 11.0. The van der Waals surface area contributed by atoms with E-state index in [1.807, 2.05) is 61.5 Å². The molecule has 0 amide bonds. The number of fused-ring (bicyclic) bond motifs is 2. The second-order valence-electron chi connectivity index (χ2n) is 7.84. The number of ether oxygens (including phenoxy) is 1. The number of nitrogens with two attached hydrogens (primary N) is 1. The van der Waals surface area contributed by atoms with Gasteiger partial charge >= 0.3 is 5.63 Å². The molecule has 5 rings (SSSR count). The number of para-hydroxylation sites is 1. The third-order valence-corrected chi connectivity index (χ3v) is 6.55. The molecular formula is C26H19N3O3S. The zero-order valence-corrected chi connectivity index (χ0v) is 18.8. The van der Waals surface area contributed by atoms with Crippen LogP contribution in [-0.4, -0.2) is 4.98 Å². The number of hydrogen-bond donors (Lipinski definition) is 1. The zero-order chi connectivity index (χ0) is 23.1. The number of rotatable bonds is 3. The summed E-state index contributed by atoms with van der Waals surface area (Å²) in [6.45, 7) is 3.69. The fourth-order valence-corrected chi connectivity index (χ4v) is 4.88. The quantitative estimate of drug-likeness (QED) is 0.456. The highest BCUT2D eigenvalue weighted by atomic mass is 32.2. The normalized spacial score (nSPS) is 15.1. The summed E-state index contributed by atoms with van der Waals surface area (Å²) >= 11 is 1.47. The Kier molecular flexibility index (Phi) is 5.15. The molecule has 1 atom stereocenters. The Morgan fingerprint density at radius 2 is 1.85 bits per heavy atom. The molecule has 0 fully saturated rings. The van der Waals surface area contributed by atoms with Crippen LogP contribution in [0.5, 0.6) is 5.75 Å². The van der Waals surface area contributed by atoms with Gasteiger partial charge in [-0.05, 0) is 43.7 Å². The van der Waals surface area contributed by atoms with Crippen molar-refractivity contribution in [2.24, 2.45) is 5.73 Å². The van der Waals surface area contributed by atoms with E-state index in [1.165, 1.54) is 11.8 Å². The van der Waals surface area contributed by atoms with E-state index in [0.29, 0.717) is 22.1 Å². The van der Waals surface area contributed by atoms with E-state index in [9.17, 15) is 10.1 Å². The number of benzene rings is 2. The van der Waals surface area contributed by atoms with Gasteiger partial charge < -0.3 is 14.9 Å². The van der Waals surface area contributed by atoms with Crippen molar-refractivity contribution in [3.8, 4) is 11.8 Å². The molecule has 0 bridgehead atoms. The maximum atomic E-state index is 13.0. The Bertz CT molecular complexity index is 1530. The van der Waals surface area contributed by atoms with Crippen LogP contribution in [0.1, 0.15) is 28.4 Å². The van der Waals surface area contributed by atoms with E-state index in [-0.39, 0.29) is 17.0 Å². The number of hydrogen-bond acceptors (Lipinski definition) is 7. The number of pyridine rings is 1. The molecule has 6 nitrogen and oxygen atoms in total. The van der Waals surface area contributed by atoms with Gasteiger partial charge in [0.05, 0.1) is 17.0 Å². The van der Waals surface area contributed by atoms with Crippen molar-refractivity contribution in [2.45, 2.75) is 29.7 Å². The average Bonchev–Trinajstić information content (AvgIpc) is 2.79. The lowest BCUT2D eigenvalue weighted by atomic mass is 9.84.